The fraction of sp³-hybridized carbons (Fsp3) is 0.462. The third kappa shape index (κ3) is 4.87. The fourth-order valence-corrected chi connectivity index (χ4v) is 5.18. The summed E-state index contributed by atoms with van der Waals surface area (Å²) in [4.78, 5) is 33.9. The summed E-state index contributed by atoms with van der Waals surface area (Å²) in [5.74, 6) is -0.531. The van der Waals surface area contributed by atoms with Gasteiger partial charge in [0.05, 0.1) is 11.7 Å². The molecule has 8 heteroatoms. The summed E-state index contributed by atoms with van der Waals surface area (Å²) in [6, 6.07) is 7.16. The van der Waals surface area contributed by atoms with Crippen LogP contribution >= 0.6 is 0 Å². The maximum absolute atomic E-state index is 13.1. The van der Waals surface area contributed by atoms with Crippen molar-refractivity contribution in [3.05, 3.63) is 59.3 Å². The summed E-state index contributed by atoms with van der Waals surface area (Å²) >= 11 is 0. The lowest BCUT2D eigenvalue weighted by Crippen LogP contribution is -2.46. The van der Waals surface area contributed by atoms with Gasteiger partial charge in [-0.25, -0.2) is 4.39 Å². The lowest BCUT2D eigenvalue weighted by molar-refractivity contribution is -0.133. The Labute approximate surface area is 198 Å². The number of benzene rings is 1. The standard InChI is InChI=1S/C26H30FN5O2/c1-18-12-24-20(13-19(18)14-25(33)23-5-4-21(27)15-28-23)16-32(29-24)17-26(34)31-10-6-22(7-11-31)30-8-2-3-9-30/h4-5,12-13,15-16,22H,2-3,6-11,14,17H2,1H3. The van der Waals surface area contributed by atoms with Crippen LogP contribution in [0.25, 0.3) is 10.9 Å². The minimum absolute atomic E-state index is 0.0992. The first-order chi connectivity index (χ1) is 16.5. The SMILES string of the molecule is Cc1cc2nn(CC(=O)N3CCC(N4CCCC4)CC3)cc2cc1CC(=O)c1ccc(F)cn1. The number of pyridine rings is 1. The number of carbonyl (C=O) groups excluding carboxylic acids is 2. The van der Waals surface area contributed by atoms with Gasteiger partial charge in [-0.15, -0.1) is 0 Å². The third-order valence-electron chi connectivity index (χ3n) is 7.15. The number of aryl methyl sites for hydroxylation is 1. The van der Waals surface area contributed by atoms with Gasteiger partial charge in [0.25, 0.3) is 0 Å². The van der Waals surface area contributed by atoms with Gasteiger partial charge in [0.15, 0.2) is 5.78 Å². The van der Waals surface area contributed by atoms with E-state index in [4.69, 9.17) is 0 Å². The lowest BCUT2D eigenvalue weighted by atomic mass is 10.00. The van der Waals surface area contributed by atoms with E-state index in [1.165, 1.54) is 38.1 Å². The predicted molar refractivity (Wildman–Crippen MR) is 127 cm³/mol. The molecular weight excluding hydrogens is 433 g/mol. The van der Waals surface area contributed by atoms with E-state index in [2.05, 4.69) is 15.0 Å². The zero-order valence-corrected chi connectivity index (χ0v) is 19.5. The van der Waals surface area contributed by atoms with E-state index in [1.54, 1.807) is 4.68 Å². The monoisotopic (exact) mass is 463 g/mol. The van der Waals surface area contributed by atoms with Crippen molar-refractivity contribution in [3.8, 4) is 0 Å². The molecule has 5 rings (SSSR count). The second kappa shape index (κ2) is 9.62. The molecule has 0 atom stereocenters. The summed E-state index contributed by atoms with van der Waals surface area (Å²) in [7, 11) is 0. The van der Waals surface area contributed by atoms with E-state index >= 15 is 0 Å². The van der Waals surface area contributed by atoms with E-state index < -0.39 is 5.82 Å². The quantitative estimate of drug-likeness (QED) is 0.524. The molecule has 0 spiro atoms. The van der Waals surface area contributed by atoms with E-state index in [0.29, 0.717) is 6.04 Å². The van der Waals surface area contributed by atoms with Gasteiger partial charge in [-0.05, 0) is 81.1 Å². The average Bonchev–Trinajstić information content (AvgIpc) is 3.50. The van der Waals surface area contributed by atoms with Crippen LogP contribution < -0.4 is 0 Å². The number of aromatic nitrogens is 3. The highest BCUT2D eigenvalue weighted by atomic mass is 19.1. The van der Waals surface area contributed by atoms with Gasteiger partial charge < -0.3 is 9.80 Å². The van der Waals surface area contributed by atoms with Crippen LogP contribution in [0.3, 0.4) is 0 Å². The first-order valence-corrected chi connectivity index (χ1v) is 12.1. The smallest absolute Gasteiger partial charge is 0.244 e. The predicted octanol–water partition coefficient (Wildman–Crippen LogP) is 3.39. The minimum Gasteiger partial charge on any atom is -0.341 e. The molecule has 3 aromatic rings. The topological polar surface area (TPSA) is 71.3 Å². The molecule has 2 aromatic heterocycles. The van der Waals surface area contributed by atoms with Crippen LogP contribution in [-0.2, 0) is 17.8 Å². The molecule has 0 saturated carbocycles. The molecule has 7 nitrogen and oxygen atoms in total. The fourth-order valence-electron chi connectivity index (χ4n) is 5.18. The van der Waals surface area contributed by atoms with Crippen LogP contribution in [0, 0.1) is 12.7 Å². The Hall–Kier alpha value is -3.13. The summed E-state index contributed by atoms with van der Waals surface area (Å²) in [6.07, 6.45) is 7.79. The molecule has 0 radical (unpaired) electrons. The van der Waals surface area contributed by atoms with Gasteiger partial charge in [-0.3, -0.25) is 19.3 Å². The molecule has 1 amide bonds. The average molecular weight is 464 g/mol. The summed E-state index contributed by atoms with van der Waals surface area (Å²) in [5, 5.41) is 5.49. The van der Waals surface area contributed by atoms with Gasteiger partial charge in [0.1, 0.15) is 18.1 Å². The molecule has 2 fully saturated rings. The molecule has 0 aliphatic carbocycles. The maximum atomic E-state index is 13.1. The molecule has 4 heterocycles. The Morgan fingerprint density at radius 2 is 1.85 bits per heavy atom. The molecule has 0 N–H and O–H groups in total. The Morgan fingerprint density at radius 3 is 2.56 bits per heavy atom. The third-order valence-corrected chi connectivity index (χ3v) is 7.15. The molecule has 0 unspecified atom stereocenters. The second-order valence-corrected chi connectivity index (χ2v) is 9.48. The number of piperidine rings is 1. The Morgan fingerprint density at radius 1 is 1.09 bits per heavy atom. The maximum Gasteiger partial charge on any atom is 0.244 e. The number of hydrogen-bond acceptors (Lipinski definition) is 5. The van der Waals surface area contributed by atoms with Crippen molar-refractivity contribution in [1.29, 1.82) is 0 Å². The number of ketones is 1. The number of amides is 1. The van der Waals surface area contributed by atoms with Gasteiger partial charge in [-0.1, -0.05) is 0 Å². The molecular formula is C26H30FN5O2. The van der Waals surface area contributed by atoms with E-state index in [-0.39, 0.29) is 30.3 Å². The zero-order chi connectivity index (χ0) is 23.7. The van der Waals surface area contributed by atoms with Crippen molar-refractivity contribution in [2.75, 3.05) is 26.2 Å². The summed E-state index contributed by atoms with van der Waals surface area (Å²) in [5.41, 5.74) is 2.87. The van der Waals surface area contributed by atoms with Crippen LogP contribution in [0.4, 0.5) is 4.39 Å². The molecule has 2 aliphatic heterocycles. The van der Waals surface area contributed by atoms with Gasteiger partial charge in [-0.2, -0.15) is 5.10 Å². The van der Waals surface area contributed by atoms with Crippen molar-refractivity contribution in [1.82, 2.24) is 24.6 Å². The minimum atomic E-state index is -0.466. The highest BCUT2D eigenvalue weighted by Crippen LogP contribution is 2.23. The largest absolute Gasteiger partial charge is 0.341 e. The highest BCUT2D eigenvalue weighted by molar-refractivity contribution is 5.96. The number of nitrogens with zero attached hydrogens (tertiary/aromatic N) is 5. The van der Waals surface area contributed by atoms with Crippen molar-refractivity contribution < 1.29 is 14.0 Å². The molecule has 2 aliphatic rings. The summed E-state index contributed by atoms with van der Waals surface area (Å²) in [6.45, 7) is 6.18. The van der Waals surface area contributed by atoms with Crippen molar-refractivity contribution >= 4 is 22.6 Å². The number of rotatable bonds is 6. The van der Waals surface area contributed by atoms with Gasteiger partial charge >= 0.3 is 0 Å². The van der Waals surface area contributed by atoms with Gasteiger partial charge in [0, 0.05) is 37.1 Å². The van der Waals surface area contributed by atoms with E-state index in [9.17, 15) is 14.0 Å². The Bertz CT molecular complexity index is 1190. The van der Waals surface area contributed by atoms with Gasteiger partial charge in [0.2, 0.25) is 5.91 Å². The van der Waals surface area contributed by atoms with Crippen LogP contribution in [0.5, 0.6) is 0 Å². The molecule has 1 aromatic carbocycles. The normalized spacial score (nSPS) is 17.5. The Kier molecular flexibility index (Phi) is 6.41. The lowest BCUT2D eigenvalue weighted by Gasteiger charge is -2.36. The number of likely N-dealkylation sites (tertiary alicyclic amines) is 2. The van der Waals surface area contributed by atoms with Crippen LogP contribution in [-0.4, -0.2) is 68.5 Å². The number of Topliss-reactive ketones (excluding diaryl/α,β-unsaturated/α-hetero) is 1. The van der Waals surface area contributed by atoms with E-state index in [0.717, 1.165) is 54.2 Å². The zero-order valence-electron chi connectivity index (χ0n) is 19.5. The number of fused-ring (bicyclic) bond motifs is 1. The van der Waals surface area contributed by atoms with E-state index in [1.807, 2.05) is 30.2 Å². The van der Waals surface area contributed by atoms with Crippen LogP contribution in [0.2, 0.25) is 0 Å². The first-order valence-electron chi connectivity index (χ1n) is 12.1. The highest BCUT2D eigenvalue weighted by Gasteiger charge is 2.28. The number of halogens is 1. The van der Waals surface area contributed by atoms with Crippen molar-refractivity contribution in [2.24, 2.45) is 0 Å². The second-order valence-electron chi connectivity index (χ2n) is 9.48. The van der Waals surface area contributed by atoms with Crippen LogP contribution in [0.15, 0.2) is 36.7 Å². The number of carbonyl (C=O) groups is 2. The molecule has 2 saturated heterocycles. The summed E-state index contributed by atoms with van der Waals surface area (Å²) < 4.78 is 14.8. The first kappa shape index (κ1) is 22.7. The molecule has 34 heavy (non-hydrogen) atoms. The Balaban J connectivity index is 1.23. The molecule has 0 bridgehead atoms. The number of hydrogen-bond donors (Lipinski definition) is 0. The van der Waals surface area contributed by atoms with Crippen molar-refractivity contribution in [2.45, 2.75) is 51.6 Å². The van der Waals surface area contributed by atoms with Crippen molar-refractivity contribution in [3.63, 3.8) is 0 Å². The van der Waals surface area contributed by atoms with Crippen LogP contribution in [0.1, 0.15) is 47.3 Å². The molecule has 178 valence electrons.